The lowest BCUT2D eigenvalue weighted by Gasteiger charge is -2.25. The first-order valence-corrected chi connectivity index (χ1v) is 10.8. The molecule has 0 spiro atoms. The summed E-state index contributed by atoms with van der Waals surface area (Å²) in [5.41, 5.74) is 4.89. The standard InChI is InChI=1S/C25H34N4/c1-6-17-28(18-7-2)24-23(26-27-29(24)22-11-9-8-10-12-22)19-20-13-15-21(16-14-20)25(3,4)5/h8-16H,6-7,17-19H2,1-5H3. The summed E-state index contributed by atoms with van der Waals surface area (Å²) in [5, 5.41) is 9.17. The molecule has 3 aromatic rings. The van der Waals surface area contributed by atoms with Gasteiger partial charge in [0, 0.05) is 19.5 Å². The molecule has 1 heterocycles. The summed E-state index contributed by atoms with van der Waals surface area (Å²) in [6.07, 6.45) is 2.98. The zero-order chi connectivity index (χ0) is 20.9. The Bertz CT molecular complexity index is 883. The molecule has 2 aromatic carbocycles. The second-order valence-electron chi connectivity index (χ2n) is 8.72. The molecule has 0 radical (unpaired) electrons. The summed E-state index contributed by atoms with van der Waals surface area (Å²) < 4.78 is 2.00. The number of rotatable bonds is 8. The highest BCUT2D eigenvalue weighted by atomic mass is 15.5. The van der Waals surface area contributed by atoms with Gasteiger partial charge in [-0.25, -0.2) is 0 Å². The van der Waals surface area contributed by atoms with E-state index in [1.54, 1.807) is 0 Å². The van der Waals surface area contributed by atoms with E-state index < -0.39 is 0 Å². The Morgan fingerprint density at radius 2 is 1.48 bits per heavy atom. The largest absolute Gasteiger partial charge is 0.355 e. The van der Waals surface area contributed by atoms with Gasteiger partial charge in [0.05, 0.1) is 5.69 Å². The lowest BCUT2D eigenvalue weighted by Crippen LogP contribution is -2.28. The molecule has 0 saturated carbocycles. The van der Waals surface area contributed by atoms with Crippen molar-refractivity contribution in [1.29, 1.82) is 0 Å². The fourth-order valence-electron chi connectivity index (χ4n) is 3.66. The Morgan fingerprint density at radius 1 is 0.862 bits per heavy atom. The zero-order valence-corrected chi connectivity index (χ0v) is 18.5. The molecule has 0 aliphatic heterocycles. The molecule has 0 fully saturated rings. The number of hydrogen-bond acceptors (Lipinski definition) is 3. The van der Waals surface area contributed by atoms with E-state index >= 15 is 0 Å². The Hall–Kier alpha value is -2.62. The smallest absolute Gasteiger partial charge is 0.156 e. The van der Waals surface area contributed by atoms with Gasteiger partial charge in [-0.1, -0.05) is 82.3 Å². The van der Waals surface area contributed by atoms with Crippen LogP contribution in [0.25, 0.3) is 5.69 Å². The Balaban J connectivity index is 1.98. The Morgan fingerprint density at radius 3 is 2.03 bits per heavy atom. The third-order valence-corrected chi connectivity index (χ3v) is 5.19. The number of para-hydroxylation sites is 1. The maximum atomic E-state index is 4.62. The van der Waals surface area contributed by atoms with E-state index in [1.165, 1.54) is 11.1 Å². The van der Waals surface area contributed by atoms with Gasteiger partial charge in [0.15, 0.2) is 5.82 Å². The first-order valence-electron chi connectivity index (χ1n) is 10.8. The predicted molar refractivity (Wildman–Crippen MR) is 122 cm³/mol. The van der Waals surface area contributed by atoms with Crippen LogP contribution in [-0.4, -0.2) is 28.1 Å². The normalized spacial score (nSPS) is 11.6. The van der Waals surface area contributed by atoms with E-state index in [2.05, 4.69) is 98.4 Å². The lowest BCUT2D eigenvalue weighted by molar-refractivity contribution is 0.590. The number of anilines is 1. The van der Waals surface area contributed by atoms with Crippen molar-refractivity contribution in [3.63, 3.8) is 0 Å². The van der Waals surface area contributed by atoms with Crippen LogP contribution in [0.2, 0.25) is 0 Å². The summed E-state index contributed by atoms with van der Waals surface area (Å²) in [6.45, 7) is 13.2. The van der Waals surface area contributed by atoms with Gasteiger partial charge in [-0.15, -0.1) is 5.10 Å². The molecule has 0 unspecified atom stereocenters. The average Bonchev–Trinajstić information content (AvgIpc) is 3.11. The quantitative estimate of drug-likeness (QED) is 0.489. The van der Waals surface area contributed by atoms with Crippen molar-refractivity contribution in [3.05, 3.63) is 71.4 Å². The molecule has 0 amide bonds. The third-order valence-electron chi connectivity index (χ3n) is 5.19. The fourth-order valence-corrected chi connectivity index (χ4v) is 3.66. The monoisotopic (exact) mass is 390 g/mol. The molecule has 0 atom stereocenters. The second kappa shape index (κ2) is 9.25. The molecular weight excluding hydrogens is 356 g/mol. The molecule has 4 nitrogen and oxygen atoms in total. The summed E-state index contributed by atoms with van der Waals surface area (Å²) >= 11 is 0. The van der Waals surface area contributed by atoms with Crippen LogP contribution in [0, 0.1) is 0 Å². The van der Waals surface area contributed by atoms with Crippen molar-refractivity contribution in [2.24, 2.45) is 0 Å². The van der Waals surface area contributed by atoms with Gasteiger partial charge < -0.3 is 4.90 Å². The molecule has 0 aliphatic rings. The van der Waals surface area contributed by atoms with Gasteiger partial charge in [-0.3, -0.25) is 0 Å². The molecular formula is C25H34N4. The topological polar surface area (TPSA) is 34.0 Å². The van der Waals surface area contributed by atoms with Crippen molar-refractivity contribution >= 4 is 5.82 Å². The maximum absolute atomic E-state index is 4.62. The minimum absolute atomic E-state index is 0.166. The third kappa shape index (κ3) is 5.06. The van der Waals surface area contributed by atoms with Crippen molar-refractivity contribution in [2.75, 3.05) is 18.0 Å². The Labute approximate surface area is 175 Å². The predicted octanol–water partition coefficient (Wildman–Crippen LogP) is 5.78. The highest BCUT2D eigenvalue weighted by Gasteiger charge is 2.20. The number of nitrogens with zero attached hydrogens (tertiary/aromatic N) is 4. The van der Waals surface area contributed by atoms with Gasteiger partial charge in [-0.2, -0.15) is 4.68 Å². The molecule has 4 heteroatoms. The van der Waals surface area contributed by atoms with Crippen LogP contribution < -0.4 is 4.90 Å². The lowest BCUT2D eigenvalue weighted by atomic mass is 9.86. The molecule has 3 rings (SSSR count). The van der Waals surface area contributed by atoms with E-state index in [0.717, 1.165) is 49.6 Å². The number of hydrogen-bond donors (Lipinski definition) is 0. The van der Waals surface area contributed by atoms with Crippen LogP contribution >= 0.6 is 0 Å². The molecule has 29 heavy (non-hydrogen) atoms. The van der Waals surface area contributed by atoms with E-state index in [-0.39, 0.29) is 5.41 Å². The molecule has 0 N–H and O–H groups in total. The van der Waals surface area contributed by atoms with E-state index in [1.807, 2.05) is 10.7 Å². The molecule has 154 valence electrons. The summed E-state index contributed by atoms with van der Waals surface area (Å²) in [5.74, 6) is 1.12. The fraction of sp³-hybridized carbons (Fsp3) is 0.440. The zero-order valence-electron chi connectivity index (χ0n) is 18.5. The number of aromatic nitrogens is 3. The molecule has 0 saturated heterocycles. The van der Waals surface area contributed by atoms with Crippen molar-refractivity contribution in [3.8, 4) is 5.69 Å². The first kappa shape index (κ1) is 21.1. The molecule has 0 aliphatic carbocycles. The van der Waals surface area contributed by atoms with Crippen LogP contribution in [0.15, 0.2) is 54.6 Å². The highest BCUT2D eigenvalue weighted by molar-refractivity contribution is 5.51. The minimum atomic E-state index is 0.166. The van der Waals surface area contributed by atoms with Crippen LogP contribution in [0.4, 0.5) is 5.82 Å². The van der Waals surface area contributed by atoms with Gasteiger partial charge in [0.1, 0.15) is 5.69 Å². The van der Waals surface area contributed by atoms with E-state index in [9.17, 15) is 0 Å². The summed E-state index contributed by atoms with van der Waals surface area (Å²) in [4.78, 5) is 2.44. The minimum Gasteiger partial charge on any atom is -0.355 e. The summed E-state index contributed by atoms with van der Waals surface area (Å²) in [7, 11) is 0. The second-order valence-corrected chi connectivity index (χ2v) is 8.72. The first-order chi connectivity index (χ1) is 13.9. The average molecular weight is 391 g/mol. The van der Waals surface area contributed by atoms with Gasteiger partial charge in [0.25, 0.3) is 0 Å². The van der Waals surface area contributed by atoms with Gasteiger partial charge in [0.2, 0.25) is 0 Å². The van der Waals surface area contributed by atoms with Crippen molar-refractivity contribution in [2.45, 2.75) is 59.3 Å². The highest BCUT2D eigenvalue weighted by Crippen LogP contribution is 2.27. The Kier molecular flexibility index (Phi) is 6.73. The van der Waals surface area contributed by atoms with E-state index in [4.69, 9.17) is 0 Å². The SMILES string of the molecule is CCCN(CCC)c1c(Cc2ccc(C(C)(C)C)cc2)nnn1-c1ccccc1. The molecule has 0 bridgehead atoms. The van der Waals surface area contributed by atoms with Gasteiger partial charge >= 0.3 is 0 Å². The summed E-state index contributed by atoms with van der Waals surface area (Å²) in [6, 6.07) is 19.3. The van der Waals surface area contributed by atoms with Gasteiger partial charge in [-0.05, 0) is 41.5 Å². The van der Waals surface area contributed by atoms with Crippen LogP contribution in [0.1, 0.15) is 64.3 Å². The van der Waals surface area contributed by atoms with Crippen LogP contribution in [0.5, 0.6) is 0 Å². The van der Waals surface area contributed by atoms with Crippen LogP contribution in [-0.2, 0) is 11.8 Å². The number of benzene rings is 2. The van der Waals surface area contributed by atoms with Crippen molar-refractivity contribution < 1.29 is 0 Å². The van der Waals surface area contributed by atoms with E-state index in [0.29, 0.717) is 0 Å². The maximum Gasteiger partial charge on any atom is 0.156 e. The molecule has 1 aromatic heterocycles. The van der Waals surface area contributed by atoms with Crippen LogP contribution in [0.3, 0.4) is 0 Å². The van der Waals surface area contributed by atoms with Crippen molar-refractivity contribution in [1.82, 2.24) is 15.0 Å².